The Labute approximate surface area is 154 Å². The van der Waals surface area contributed by atoms with Crippen LogP contribution in [0.25, 0.3) is 0 Å². The van der Waals surface area contributed by atoms with Gasteiger partial charge in [-0.3, -0.25) is 4.99 Å². The summed E-state index contributed by atoms with van der Waals surface area (Å²) in [6, 6.07) is 11.9. The Kier molecular flexibility index (Phi) is 4.42. The Morgan fingerprint density at radius 1 is 1.12 bits per heavy atom. The van der Waals surface area contributed by atoms with Gasteiger partial charge < -0.3 is 5.32 Å². The zero-order valence-corrected chi connectivity index (χ0v) is 14.8. The topological polar surface area (TPSA) is 49.6 Å². The van der Waals surface area contributed by atoms with E-state index < -0.39 is 0 Å². The fraction of sp³-hybridized carbons (Fsp3) is 0.105. The van der Waals surface area contributed by atoms with E-state index in [4.69, 9.17) is 16.4 Å². The highest BCUT2D eigenvalue weighted by molar-refractivity contribution is 7.12. The van der Waals surface area contributed by atoms with Gasteiger partial charge in [0.25, 0.3) is 0 Å². The summed E-state index contributed by atoms with van der Waals surface area (Å²) in [5, 5.41) is 7.33. The minimum Gasteiger partial charge on any atom is -0.360 e. The summed E-state index contributed by atoms with van der Waals surface area (Å²) in [5.41, 5.74) is 1.85. The highest BCUT2D eigenvalue weighted by Gasteiger charge is 2.26. The van der Waals surface area contributed by atoms with E-state index in [2.05, 4.69) is 33.7 Å². The van der Waals surface area contributed by atoms with Gasteiger partial charge >= 0.3 is 0 Å². The van der Waals surface area contributed by atoms with E-state index in [1.54, 1.807) is 28.9 Å². The van der Waals surface area contributed by atoms with Crippen molar-refractivity contribution in [3.63, 3.8) is 0 Å². The van der Waals surface area contributed by atoms with Crippen LogP contribution in [0.1, 0.15) is 21.4 Å². The molecule has 0 aliphatic carbocycles. The lowest BCUT2D eigenvalue weighted by Gasteiger charge is -2.14. The van der Waals surface area contributed by atoms with Gasteiger partial charge in [0, 0.05) is 16.6 Å². The van der Waals surface area contributed by atoms with E-state index in [1.165, 1.54) is 0 Å². The van der Waals surface area contributed by atoms with E-state index in [0.717, 1.165) is 26.9 Å². The van der Waals surface area contributed by atoms with E-state index in [1.807, 2.05) is 29.6 Å². The summed E-state index contributed by atoms with van der Waals surface area (Å²) >= 11 is 3.32. The number of nitrogens with one attached hydrogen (secondary N) is 1. The number of pyridine rings is 1. The molecule has 4 heterocycles. The average molecular weight is 362 g/mol. The van der Waals surface area contributed by atoms with E-state index >= 15 is 0 Å². The number of aromatic nitrogens is 1. The van der Waals surface area contributed by atoms with Crippen molar-refractivity contribution in [2.24, 2.45) is 9.98 Å². The molecule has 0 spiro atoms. The maximum atomic E-state index is 5.43. The van der Waals surface area contributed by atoms with Crippen molar-refractivity contribution in [1.29, 1.82) is 0 Å². The van der Waals surface area contributed by atoms with Gasteiger partial charge in [-0.15, -0.1) is 29.1 Å². The molecule has 0 aromatic carbocycles. The maximum Gasteiger partial charge on any atom is 0.163 e. The molecule has 4 rings (SSSR count). The molecule has 1 aliphatic heterocycles. The largest absolute Gasteiger partial charge is 0.360 e. The van der Waals surface area contributed by atoms with Gasteiger partial charge in [0.1, 0.15) is 11.9 Å². The number of aliphatic imine (C=N–C) groups is 2. The number of terminal acetylenes is 1. The third kappa shape index (κ3) is 3.12. The van der Waals surface area contributed by atoms with Crippen LogP contribution in [0, 0.1) is 12.3 Å². The molecule has 0 fully saturated rings. The van der Waals surface area contributed by atoms with Gasteiger partial charge in [-0.25, -0.2) is 9.98 Å². The monoisotopic (exact) mass is 362 g/mol. The SMILES string of the molecule is C#CCNC1=Nc2ncccc2C(c2cccs2)=NC1c1cccs1. The Hall–Kier alpha value is -2.75. The fourth-order valence-electron chi connectivity index (χ4n) is 2.64. The normalized spacial score (nSPS) is 16.2. The molecule has 3 aromatic rings. The lowest BCUT2D eigenvalue weighted by atomic mass is 10.1. The number of amidine groups is 1. The molecule has 1 aliphatic rings. The third-order valence-corrected chi connectivity index (χ3v) is 5.53. The molecular weight excluding hydrogens is 348 g/mol. The molecule has 6 heteroatoms. The average Bonchev–Trinajstić information content (AvgIpc) is 3.32. The van der Waals surface area contributed by atoms with Crippen LogP contribution in [0.3, 0.4) is 0 Å². The maximum absolute atomic E-state index is 5.43. The first kappa shape index (κ1) is 15.8. The molecular formula is C19H14N4S2. The molecule has 0 amide bonds. The zero-order valence-electron chi connectivity index (χ0n) is 13.2. The molecule has 0 saturated heterocycles. The fourth-order valence-corrected chi connectivity index (χ4v) is 4.14. The standard InChI is InChI=1S/C19H14N4S2/c1-2-9-20-19-17(15-8-5-12-25-15)22-16(14-7-4-11-24-14)13-6-3-10-21-18(13)23-19/h1,3-8,10-12,17H,9H2,(H,20,21,23). The highest BCUT2D eigenvalue weighted by atomic mass is 32.1. The van der Waals surface area contributed by atoms with Crippen LogP contribution in [-0.2, 0) is 0 Å². The number of fused-ring (bicyclic) bond motifs is 1. The Bertz CT molecular complexity index is 963. The van der Waals surface area contributed by atoms with E-state index in [0.29, 0.717) is 12.4 Å². The van der Waals surface area contributed by atoms with Crippen LogP contribution in [0.15, 0.2) is 63.3 Å². The zero-order chi connectivity index (χ0) is 17.1. The second-order valence-corrected chi connectivity index (χ2v) is 7.23. The van der Waals surface area contributed by atoms with Crippen molar-refractivity contribution < 1.29 is 0 Å². The van der Waals surface area contributed by atoms with Crippen LogP contribution >= 0.6 is 22.7 Å². The molecule has 3 aromatic heterocycles. The van der Waals surface area contributed by atoms with Crippen LogP contribution in [0.5, 0.6) is 0 Å². The van der Waals surface area contributed by atoms with Crippen molar-refractivity contribution >= 4 is 40.0 Å². The predicted octanol–water partition coefficient (Wildman–Crippen LogP) is 4.05. The van der Waals surface area contributed by atoms with Gasteiger partial charge in [0.2, 0.25) is 0 Å². The first-order valence-electron chi connectivity index (χ1n) is 7.73. The minimum atomic E-state index is -0.223. The predicted molar refractivity (Wildman–Crippen MR) is 105 cm³/mol. The van der Waals surface area contributed by atoms with Gasteiger partial charge in [-0.05, 0) is 35.0 Å². The van der Waals surface area contributed by atoms with Gasteiger partial charge in [-0.1, -0.05) is 18.1 Å². The van der Waals surface area contributed by atoms with Crippen LogP contribution in [0.4, 0.5) is 5.82 Å². The third-order valence-electron chi connectivity index (χ3n) is 3.72. The molecule has 1 N–H and O–H groups in total. The summed E-state index contributed by atoms with van der Waals surface area (Å²) in [6.45, 7) is 0.396. The summed E-state index contributed by atoms with van der Waals surface area (Å²) in [5.74, 6) is 4.00. The molecule has 1 unspecified atom stereocenters. The quantitative estimate of drug-likeness (QED) is 0.715. The van der Waals surface area contributed by atoms with Crippen molar-refractivity contribution in [2.75, 3.05) is 6.54 Å². The van der Waals surface area contributed by atoms with E-state index in [9.17, 15) is 0 Å². The molecule has 0 saturated carbocycles. The summed E-state index contributed by atoms with van der Waals surface area (Å²) < 4.78 is 0. The Morgan fingerprint density at radius 2 is 2.00 bits per heavy atom. The molecule has 122 valence electrons. The number of rotatable bonds is 3. The number of nitrogens with zero attached hydrogens (tertiary/aromatic N) is 3. The minimum absolute atomic E-state index is 0.223. The second kappa shape index (κ2) is 7.01. The van der Waals surface area contributed by atoms with Crippen molar-refractivity contribution in [3.05, 3.63) is 68.7 Å². The Morgan fingerprint density at radius 3 is 2.76 bits per heavy atom. The number of hydrogen-bond donors (Lipinski definition) is 1. The van der Waals surface area contributed by atoms with Gasteiger partial charge in [0.05, 0.1) is 17.1 Å². The highest BCUT2D eigenvalue weighted by Crippen LogP contribution is 2.32. The first-order chi connectivity index (χ1) is 12.4. The molecule has 25 heavy (non-hydrogen) atoms. The molecule has 4 nitrogen and oxygen atoms in total. The number of hydrogen-bond acceptors (Lipinski definition) is 6. The Balaban J connectivity index is 1.92. The van der Waals surface area contributed by atoms with Gasteiger partial charge in [0.15, 0.2) is 5.82 Å². The first-order valence-corrected chi connectivity index (χ1v) is 9.49. The summed E-state index contributed by atoms with van der Waals surface area (Å²) in [7, 11) is 0. The molecule has 1 atom stereocenters. The lowest BCUT2D eigenvalue weighted by molar-refractivity contribution is 0.904. The summed E-state index contributed by atoms with van der Waals surface area (Å²) in [6.07, 6.45) is 7.18. The second-order valence-electron chi connectivity index (χ2n) is 5.30. The lowest BCUT2D eigenvalue weighted by Crippen LogP contribution is -2.28. The van der Waals surface area contributed by atoms with Crippen LogP contribution < -0.4 is 5.32 Å². The van der Waals surface area contributed by atoms with Crippen LogP contribution in [0.2, 0.25) is 0 Å². The van der Waals surface area contributed by atoms with Crippen molar-refractivity contribution in [1.82, 2.24) is 10.3 Å². The smallest absolute Gasteiger partial charge is 0.163 e. The van der Waals surface area contributed by atoms with Crippen molar-refractivity contribution in [2.45, 2.75) is 6.04 Å². The van der Waals surface area contributed by atoms with Gasteiger partial charge in [-0.2, -0.15) is 0 Å². The summed E-state index contributed by atoms with van der Waals surface area (Å²) in [4.78, 5) is 16.5. The molecule has 0 radical (unpaired) electrons. The number of thiophene rings is 2. The van der Waals surface area contributed by atoms with E-state index in [-0.39, 0.29) is 6.04 Å². The van der Waals surface area contributed by atoms with Crippen molar-refractivity contribution in [3.8, 4) is 12.3 Å². The van der Waals surface area contributed by atoms with Crippen LogP contribution in [-0.4, -0.2) is 23.1 Å². The molecule has 0 bridgehead atoms.